The van der Waals surface area contributed by atoms with E-state index in [1.807, 2.05) is 0 Å². The summed E-state index contributed by atoms with van der Waals surface area (Å²) in [6.45, 7) is 6.29. The van der Waals surface area contributed by atoms with E-state index in [1.54, 1.807) is 5.38 Å². The van der Waals surface area contributed by atoms with Crippen LogP contribution in [0.1, 0.15) is 50.5 Å². The van der Waals surface area contributed by atoms with Crippen LogP contribution in [0.2, 0.25) is 0 Å². The number of aromatic nitrogens is 1. The van der Waals surface area contributed by atoms with E-state index < -0.39 is 0 Å². The van der Waals surface area contributed by atoms with Crippen molar-refractivity contribution < 1.29 is 9.59 Å². The molecule has 0 atom stereocenters. The van der Waals surface area contributed by atoms with Gasteiger partial charge in [0.15, 0.2) is 10.9 Å². The Morgan fingerprint density at radius 3 is 2.63 bits per heavy atom. The third-order valence-electron chi connectivity index (χ3n) is 2.96. The molecule has 19 heavy (non-hydrogen) atoms. The van der Waals surface area contributed by atoms with Crippen LogP contribution in [-0.4, -0.2) is 23.2 Å². The standard InChI is InChI=1S/C13H21N3O2S/c1-9(17)10-8-19-12(15-10)16-11(18)4-5-13(2,3)6-7-14/h8H,4-7,14H2,1-3H3,(H,15,16,18). The van der Waals surface area contributed by atoms with Crippen LogP contribution >= 0.6 is 11.3 Å². The topological polar surface area (TPSA) is 85.1 Å². The number of Topliss-reactive ketones (excluding diaryl/α,β-unsaturated/α-hetero) is 1. The Morgan fingerprint density at radius 2 is 2.11 bits per heavy atom. The SMILES string of the molecule is CC(=O)c1csc(NC(=O)CCC(C)(C)CCN)n1. The lowest BCUT2D eigenvalue weighted by molar-refractivity contribution is -0.116. The lowest BCUT2D eigenvalue weighted by Gasteiger charge is -2.23. The van der Waals surface area contributed by atoms with Gasteiger partial charge in [-0.3, -0.25) is 9.59 Å². The predicted octanol–water partition coefficient (Wildman–Crippen LogP) is 2.44. The molecule has 1 amide bonds. The molecular weight excluding hydrogens is 262 g/mol. The summed E-state index contributed by atoms with van der Waals surface area (Å²) >= 11 is 1.27. The number of ketones is 1. The minimum absolute atomic E-state index is 0.0690. The summed E-state index contributed by atoms with van der Waals surface area (Å²) < 4.78 is 0. The molecule has 5 nitrogen and oxygen atoms in total. The minimum Gasteiger partial charge on any atom is -0.330 e. The molecule has 0 spiro atoms. The van der Waals surface area contributed by atoms with E-state index in [9.17, 15) is 9.59 Å². The molecule has 0 fully saturated rings. The van der Waals surface area contributed by atoms with E-state index in [1.165, 1.54) is 18.3 Å². The molecule has 0 aliphatic heterocycles. The maximum atomic E-state index is 11.8. The summed E-state index contributed by atoms with van der Waals surface area (Å²) in [6, 6.07) is 0. The number of thiazole rings is 1. The van der Waals surface area contributed by atoms with Gasteiger partial charge in [-0.1, -0.05) is 13.8 Å². The molecule has 0 aliphatic rings. The van der Waals surface area contributed by atoms with E-state index in [2.05, 4.69) is 24.1 Å². The van der Waals surface area contributed by atoms with Crippen LogP contribution in [0, 0.1) is 5.41 Å². The number of nitrogens with one attached hydrogen (secondary N) is 1. The molecule has 3 N–H and O–H groups in total. The van der Waals surface area contributed by atoms with Crippen molar-refractivity contribution in [1.82, 2.24) is 4.98 Å². The molecule has 6 heteroatoms. The van der Waals surface area contributed by atoms with E-state index >= 15 is 0 Å². The van der Waals surface area contributed by atoms with Crippen LogP contribution in [0.15, 0.2) is 5.38 Å². The Kier molecular flexibility index (Phi) is 5.62. The highest BCUT2D eigenvalue weighted by atomic mass is 32.1. The molecule has 1 aromatic heterocycles. The van der Waals surface area contributed by atoms with E-state index in [-0.39, 0.29) is 17.1 Å². The number of anilines is 1. The maximum Gasteiger partial charge on any atom is 0.226 e. The highest BCUT2D eigenvalue weighted by Crippen LogP contribution is 2.26. The second-order valence-corrected chi connectivity index (χ2v) is 6.20. The number of hydrogen-bond donors (Lipinski definition) is 2. The van der Waals surface area contributed by atoms with Gasteiger partial charge in [0, 0.05) is 18.7 Å². The molecule has 0 aliphatic carbocycles. The van der Waals surface area contributed by atoms with Gasteiger partial charge >= 0.3 is 0 Å². The highest BCUT2D eigenvalue weighted by molar-refractivity contribution is 7.14. The molecule has 1 aromatic rings. The summed E-state index contributed by atoms with van der Waals surface area (Å²) in [6.07, 6.45) is 2.11. The molecule has 106 valence electrons. The summed E-state index contributed by atoms with van der Waals surface area (Å²) in [5.74, 6) is -0.171. The van der Waals surface area contributed by atoms with Crippen molar-refractivity contribution in [2.75, 3.05) is 11.9 Å². The number of nitrogens with zero attached hydrogens (tertiary/aromatic N) is 1. The van der Waals surface area contributed by atoms with Crippen molar-refractivity contribution in [3.8, 4) is 0 Å². The number of amides is 1. The highest BCUT2D eigenvalue weighted by Gasteiger charge is 2.18. The summed E-state index contributed by atoms with van der Waals surface area (Å²) in [7, 11) is 0. The minimum atomic E-state index is -0.0965. The number of nitrogens with two attached hydrogens (primary N) is 1. The van der Waals surface area contributed by atoms with E-state index in [0.29, 0.717) is 23.8 Å². The van der Waals surface area contributed by atoms with Crippen molar-refractivity contribution in [3.63, 3.8) is 0 Å². The Bertz CT molecular complexity index is 454. The fourth-order valence-corrected chi connectivity index (χ4v) is 2.41. The van der Waals surface area contributed by atoms with Crippen LogP contribution in [0.3, 0.4) is 0 Å². The second kappa shape index (κ2) is 6.77. The Hall–Kier alpha value is -1.27. The van der Waals surface area contributed by atoms with Crippen LogP contribution in [0.4, 0.5) is 5.13 Å². The number of carbonyl (C=O) groups excluding carboxylic acids is 2. The van der Waals surface area contributed by atoms with Gasteiger partial charge in [-0.25, -0.2) is 4.98 Å². The summed E-state index contributed by atoms with van der Waals surface area (Å²) in [5.41, 5.74) is 6.00. The molecule has 0 aromatic carbocycles. The van der Waals surface area contributed by atoms with Gasteiger partial charge in [0.25, 0.3) is 0 Å². The third kappa shape index (κ3) is 5.48. The van der Waals surface area contributed by atoms with Crippen molar-refractivity contribution >= 4 is 28.2 Å². The van der Waals surface area contributed by atoms with Crippen molar-refractivity contribution in [1.29, 1.82) is 0 Å². The predicted molar refractivity (Wildman–Crippen MR) is 77.4 cm³/mol. The number of carbonyl (C=O) groups is 2. The van der Waals surface area contributed by atoms with Crippen LogP contribution in [0.5, 0.6) is 0 Å². The molecule has 0 radical (unpaired) electrons. The molecule has 1 rings (SSSR count). The molecule has 0 unspecified atom stereocenters. The number of rotatable bonds is 7. The zero-order valence-electron chi connectivity index (χ0n) is 11.7. The zero-order chi connectivity index (χ0) is 14.5. The molecule has 0 saturated heterocycles. The summed E-state index contributed by atoms with van der Waals surface area (Å²) in [5, 5.41) is 4.84. The lowest BCUT2D eigenvalue weighted by Crippen LogP contribution is -2.20. The number of hydrogen-bond acceptors (Lipinski definition) is 5. The maximum absolute atomic E-state index is 11.8. The first-order valence-electron chi connectivity index (χ1n) is 6.30. The quantitative estimate of drug-likeness (QED) is 0.753. The molecule has 0 saturated carbocycles. The van der Waals surface area contributed by atoms with E-state index in [0.717, 1.165) is 12.8 Å². The van der Waals surface area contributed by atoms with Crippen molar-refractivity contribution in [2.24, 2.45) is 11.1 Å². The van der Waals surface area contributed by atoms with Crippen molar-refractivity contribution in [2.45, 2.75) is 40.0 Å². The van der Waals surface area contributed by atoms with E-state index in [4.69, 9.17) is 5.73 Å². The summed E-state index contributed by atoms with van der Waals surface area (Å²) in [4.78, 5) is 26.9. The van der Waals surface area contributed by atoms with Gasteiger partial charge in [0.2, 0.25) is 5.91 Å². The van der Waals surface area contributed by atoms with Gasteiger partial charge in [-0.2, -0.15) is 0 Å². The average Bonchev–Trinajstić information content (AvgIpc) is 2.75. The molecular formula is C13H21N3O2S. The van der Waals surface area contributed by atoms with Crippen LogP contribution in [-0.2, 0) is 4.79 Å². The Labute approximate surface area is 117 Å². The third-order valence-corrected chi connectivity index (χ3v) is 3.72. The van der Waals surface area contributed by atoms with Gasteiger partial charge < -0.3 is 11.1 Å². The van der Waals surface area contributed by atoms with Gasteiger partial charge in [-0.05, 0) is 24.8 Å². The van der Waals surface area contributed by atoms with Crippen LogP contribution in [0.25, 0.3) is 0 Å². The van der Waals surface area contributed by atoms with Crippen molar-refractivity contribution in [3.05, 3.63) is 11.1 Å². The molecule has 1 heterocycles. The van der Waals surface area contributed by atoms with Crippen LogP contribution < -0.4 is 11.1 Å². The fraction of sp³-hybridized carbons (Fsp3) is 0.615. The van der Waals surface area contributed by atoms with Gasteiger partial charge in [0.1, 0.15) is 5.69 Å². The Balaban J connectivity index is 2.44. The van der Waals surface area contributed by atoms with Gasteiger partial charge in [0.05, 0.1) is 0 Å². The Morgan fingerprint density at radius 1 is 1.42 bits per heavy atom. The normalized spacial score (nSPS) is 11.4. The first-order valence-corrected chi connectivity index (χ1v) is 7.18. The lowest BCUT2D eigenvalue weighted by atomic mass is 9.84. The first kappa shape index (κ1) is 15.8. The first-order chi connectivity index (χ1) is 8.84. The fourth-order valence-electron chi connectivity index (χ4n) is 1.64. The van der Waals surface area contributed by atoms with Gasteiger partial charge in [-0.15, -0.1) is 11.3 Å². The smallest absolute Gasteiger partial charge is 0.226 e. The zero-order valence-corrected chi connectivity index (χ0v) is 12.5. The average molecular weight is 283 g/mol. The molecule has 0 bridgehead atoms. The monoisotopic (exact) mass is 283 g/mol. The largest absolute Gasteiger partial charge is 0.330 e. The second-order valence-electron chi connectivity index (χ2n) is 5.35.